The molecule has 2 heterocycles. The molecule has 1 amide bonds. The number of carbonyl (C=O) groups excluding carboxylic acids is 1. The van der Waals surface area contributed by atoms with Gasteiger partial charge in [0.2, 0.25) is 5.95 Å². The topological polar surface area (TPSA) is 50.6 Å². The van der Waals surface area contributed by atoms with Gasteiger partial charge in [0.1, 0.15) is 5.60 Å². The summed E-state index contributed by atoms with van der Waals surface area (Å²) in [4.78, 5) is 20.9. The highest BCUT2D eigenvalue weighted by Crippen LogP contribution is 2.25. The van der Waals surface area contributed by atoms with E-state index in [9.17, 15) is 4.79 Å². The Morgan fingerprint density at radius 1 is 1.21 bits per heavy atom. The summed E-state index contributed by atoms with van der Waals surface area (Å²) < 4.78 is 8.59. The van der Waals surface area contributed by atoms with Crippen molar-refractivity contribution in [3.8, 4) is 0 Å². The summed E-state index contributed by atoms with van der Waals surface area (Å²) in [6.45, 7) is 8.44. The maximum absolute atomic E-state index is 12.2. The lowest BCUT2D eigenvalue weighted by molar-refractivity contribution is 0.0240. The van der Waals surface area contributed by atoms with Gasteiger partial charge in [0, 0.05) is 37.7 Å². The van der Waals surface area contributed by atoms with Gasteiger partial charge in [-0.3, -0.25) is 0 Å². The third-order valence-electron chi connectivity index (χ3n) is 4.03. The van der Waals surface area contributed by atoms with Gasteiger partial charge in [0.15, 0.2) is 0 Å². The molecule has 1 aromatic carbocycles. The van der Waals surface area contributed by atoms with Crippen LogP contribution in [-0.4, -0.2) is 52.3 Å². The maximum atomic E-state index is 12.2. The summed E-state index contributed by atoms with van der Waals surface area (Å²) in [6, 6.07) is 6.09. The predicted octanol–water partition coefficient (Wildman–Crippen LogP) is 3.39. The number of fused-ring (bicyclic) bond motifs is 1. The fourth-order valence-corrected chi connectivity index (χ4v) is 3.20. The molecule has 0 atom stereocenters. The van der Waals surface area contributed by atoms with Gasteiger partial charge in [-0.25, -0.2) is 9.78 Å². The Bertz CT molecular complexity index is 758. The van der Waals surface area contributed by atoms with Crippen molar-refractivity contribution in [1.29, 1.82) is 0 Å². The fraction of sp³-hybridized carbons (Fsp3) is 0.529. The molecule has 0 bridgehead atoms. The first kappa shape index (κ1) is 17.1. The normalized spacial score (nSPS) is 15.9. The third-order valence-corrected chi connectivity index (χ3v) is 4.53. The van der Waals surface area contributed by atoms with Crippen LogP contribution in [0.1, 0.15) is 20.8 Å². The van der Waals surface area contributed by atoms with E-state index in [1.165, 1.54) is 0 Å². The molecular weight excluding hydrogens is 372 g/mol. The van der Waals surface area contributed by atoms with Crippen molar-refractivity contribution in [2.45, 2.75) is 26.4 Å². The molecule has 1 fully saturated rings. The quantitative estimate of drug-likeness (QED) is 0.743. The number of aryl methyl sites for hydroxylation is 1. The Balaban J connectivity index is 1.71. The van der Waals surface area contributed by atoms with E-state index in [1.807, 2.05) is 40.0 Å². The minimum atomic E-state index is -0.459. The smallest absolute Gasteiger partial charge is 0.410 e. The number of ether oxygens (including phenoxy) is 1. The summed E-state index contributed by atoms with van der Waals surface area (Å²) >= 11 is 3.51. The van der Waals surface area contributed by atoms with Gasteiger partial charge in [-0.1, -0.05) is 15.9 Å². The average molecular weight is 395 g/mol. The van der Waals surface area contributed by atoms with E-state index in [0.717, 1.165) is 34.5 Å². The van der Waals surface area contributed by atoms with Crippen LogP contribution in [-0.2, 0) is 11.8 Å². The molecule has 0 unspecified atom stereocenters. The Morgan fingerprint density at radius 3 is 2.50 bits per heavy atom. The van der Waals surface area contributed by atoms with Gasteiger partial charge in [0.05, 0.1) is 11.0 Å². The number of rotatable bonds is 1. The zero-order valence-corrected chi connectivity index (χ0v) is 16.1. The van der Waals surface area contributed by atoms with Crippen LogP contribution >= 0.6 is 15.9 Å². The number of amides is 1. The largest absolute Gasteiger partial charge is 0.444 e. The Labute approximate surface area is 150 Å². The van der Waals surface area contributed by atoms with Crippen molar-refractivity contribution in [2.24, 2.45) is 7.05 Å². The van der Waals surface area contributed by atoms with E-state index < -0.39 is 5.60 Å². The summed E-state index contributed by atoms with van der Waals surface area (Å²) in [6.07, 6.45) is -0.240. The van der Waals surface area contributed by atoms with Gasteiger partial charge >= 0.3 is 6.09 Å². The van der Waals surface area contributed by atoms with Gasteiger partial charge < -0.3 is 19.1 Å². The van der Waals surface area contributed by atoms with Gasteiger partial charge in [-0.2, -0.15) is 0 Å². The average Bonchev–Trinajstić information content (AvgIpc) is 2.83. The van der Waals surface area contributed by atoms with Crippen molar-refractivity contribution >= 4 is 39.0 Å². The van der Waals surface area contributed by atoms with E-state index >= 15 is 0 Å². The number of halogens is 1. The molecule has 0 radical (unpaired) electrons. The lowest BCUT2D eigenvalue weighted by Gasteiger charge is -2.36. The molecule has 6 nitrogen and oxygen atoms in total. The minimum absolute atomic E-state index is 0.240. The van der Waals surface area contributed by atoms with Crippen LogP contribution in [0.3, 0.4) is 0 Å². The molecule has 7 heteroatoms. The van der Waals surface area contributed by atoms with E-state index in [2.05, 4.69) is 31.5 Å². The molecule has 1 aliphatic heterocycles. The van der Waals surface area contributed by atoms with Crippen LogP contribution in [0.25, 0.3) is 11.0 Å². The van der Waals surface area contributed by atoms with Crippen LogP contribution in [0.2, 0.25) is 0 Å². The first-order valence-corrected chi connectivity index (χ1v) is 8.89. The maximum Gasteiger partial charge on any atom is 0.410 e. The second-order valence-electron chi connectivity index (χ2n) is 7.06. The molecule has 1 aliphatic rings. The minimum Gasteiger partial charge on any atom is -0.444 e. The number of hydrogen-bond donors (Lipinski definition) is 0. The van der Waals surface area contributed by atoms with E-state index in [1.54, 1.807) is 4.90 Å². The number of imidazole rings is 1. The van der Waals surface area contributed by atoms with Crippen molar-refractivity contribution in [3.05, 3.63) is 22.7 Å². The highest BCUT2D eigenvalue weighted by atomic mass is 79.9. The second kappa shape index (κ2) is 6.27. The zero-order valence-electron chi connectivity index (χ0n) is 14.5. The Kier molecular flexibility index (Phi) is 4.46. The Morgan fingerprint density at radius 2 is 1.88 bits per heavy atom. The number of hydrogen-bond acceptors (Lipinski definition) is 4. The number of benzene rings is 1. The molecular formula is C17H23BrN4O2. The highest BCUT2D eigenvalue weighted by Gasteiger charge is 2.27. The van der Waals surface area contributed by atoms with Gasteiger partial charge in [-0.05, 0) is 39.0 Å². The van der Waals surface area contributed by atoms with Crippen LogP contribution in [0, 0.1) is 0 Å². The van der Waals surface area contributed by atoms with Crippen LogP contribution in [0.15, 0.2) is 22.7 Å². The van der Waals surface area contributed by atoms with E-state index in [4.69, 9.17) is 9.72 Å². The molecule has 0 aliphatic carbocycles. The zero-order chi connectivity index (χ0) is 17.5. The van der Waals surface area contributed by atoms with Gasteiger partial charge in [-0.15, -0.1) is 0 Å². The van der Waals surface area contributed by atoms with Crippen LogP contribution in [0.5, 0.6) is 0 Å². The van der Waals surface area contributed by atoms with E-state index in [0.29, 0.717) is 13.1 Å². The molecule has 0 spiro atoms. The standard InChI is InChI=1S/C17H23BrN4O2/c1-17(2,3)24-16(23)22-9-7-21(8-10-22)15-19-13-6-5-12(18)11-14(13)20(15)4/h5-6,11H,7-10H2,1-4H3. The summed E-state index contributed by atoms with van der Waals surface area (Å²) in [5.41, 5.74) is 1.61. The number of anilines is 1. The van der Waals surface area contributed by atoms with Crippen LogP contribution < -0.4 is 4.90 Å². The molecule has 130 valence electrons. The lowest BCUT2D eigenvalue weighted by atomic mass is 10.2. The fourth-order valence-electron chi connectivity index (χ4n) is 2.85. The molecule has 0 saturated carbocycles. The van der Waals surface area contributed by atoms with Crippen molar-refractivity contribution in [2.75, 3.05) is 31.1 Å². The van der Waals surface area contributed by atoms with E-state index in [-0.39, 0.29) is 6.09 Å². The first-order valence-electron chi connectivity index (χ1n) is 8.09. The third kappa shape index (κ3) is 3.50. The molecule has 2 aromatic rings. The summed E-state index contributed by atoms with van der Waals surface area (Å²) in [5.74, 6) is 0.937. The molecule has 1 saturated heterocycles. The molecule has 24 heavy (non-hydrogen) atoms. The van der Waals surface area contributed by atoms with Crippen molar-refractivity contribution < 1.29 is 9.53 Å². The highest BCUT2D eigenvalue weighted by molar-refractivity contribution is 9.10. The number of carbonyl (C=O) groups is 1. The van der Waals surface area contributed by atoms with Gasteiger partial charge in [0.25, 0.3) is 0 Å². The Hall–Kier alpha value is -1.76. The predicted molar refractivity (Wildman–Crippen MR) is 98.4 cm³/mol. The number of piperazine rings is 1. The molecule has 1 aromatic heterocycles. The monoisotopic (exact) mass is 394 g/mol. The summed E-state index contributed by atoms with van der Waals surface area (Å²) in [7, 11) is 2.03. The van der Waals surface area contributed by atoms with Crippen LogP contribution in [0.4, 0.5) is 10.7 Å². The SMILES string of the molecule is Cn1c(N2CCN(C(=O)OC(C)(C)C)CC2)nc2ccc(Br)cc21. The molecule has 3 rings (SSSR count). The molecule has 0 N–H and O–H groups in total. The lowest BCUT2D eigenvalue weighted by Crippen LogP contribution is -2.50. The van der Waals surface area contributed by atoms with Crippen molar-refractivity contribution in [3.63, 3.8) is 0 Å². The second-order valence-corrected chi connectivity index (χ2v) is 7.97. The van der Waals surface area contributed by atoms with Crippen molar-refractivity contribution in [1.82, 2.24) is 14.5 Å². The summed E-state index contributed by atoms with van der Waals surface area (Å²) in [5, 5.41) is 0. The number of aromatic nitrogens is 2. The first-order chi connectivity index (χ1) is 11.2. The number of nitrogens with zero attached hydrogens (tertiary/aromatic N) is 4.